The molecule has 10 heteroatoms. The fourth-order valence-corrected chi connectivity index (χ4v) is 5.26. The van der Waals surface area contributed by atoms with E-state index in [-0.39, 0.29) is 18.0 Å². The molecule has 0 aliphatic heterocycles. The van der Waals surface area contributed by atoms with Crippen LogP contribution in [-0.2, 0) is 17.8 Å². The summed E-state index contributed by atoms with van der Waals surface area (Å²) >= 11 is 4.37. The van der Waals surface area contributed by atoms with Gasteiger partial charge in [-0.3, -0.25) is 19.5 Å². The van der Waals surface area contributed by atoms with E-state index in [0.717, 1.165) is 34.7 Å². The molecule has 0 radical (unpaired) electrons. The van der Waals surface area contributed by atoms with E-state index in [1.54, 1.807) is 11.3 Å². The monoisotopic (exact) mass is 431 g/mol. The Labute approximate surface area is 172 Å². The van der Waals surface area contributed by atoms with Crippen molar-refractivity contribution in [3.05, 3.63) is 44.6 Å². The van der Waals surface area contributed by atoms with E-state index in [2.05, 4.69) is 27.4 Å². The Morgan fingerprint density at radius 2 is 2.18 bits per heavy atom. The van der Waals surface area contributed by atoms with Crippen molar-refractivity contribution in [3.63, 3.8) is 0 Å². The topological polar surface area (TPSA) is 89.8 Å². The molecule has 28 heavy (non-hydrogen) atoms. The van der Waals surface area contributed by atoms with Crippen molar-refractivity contribution in [2.75, 3.05) is 5.32 Å². The second kappa shape index (κ2) is 8.29. The van der Waals surface area contributed by atoms with Gasteiger partial charge >= 0.3 is 0 Å². The number of unbranched alkanes of at least 4 members (excludes halogenated alkanes) is 1. The highest BCUT2D eigenvalue weighted by Gasteiger charge is 2.16. The number of hydrogen-bond acceptors (Lipinski definition) is 8. The van der Waals surface area contributed by atoms with E-state index in [0.29, 0.717) is 15.3 Å². The molecule has 1 amide bonds. The summed E-state index contributed by atoms with van der Waals surface area (Å²) in [6, 6.07) is 3.92. The summed E-state index contributed by atoms with van der Waals surface area (Å²) in [7, 11) is 0. The maximum atomic E-state index is 12.9. The molecule has 0 bridgehead atoms. The highest BCUT2D eigenvalue weighted by molar-refractivity contribution is 7.18. The summed E-state index contributed by atoms with van der Waals surface area (Å²) in [6.45, 7) is 2.00. The number of rotatable bonds is 7. The molecule has 4 heterocycles. The number of amides is 1. The standard InChI is InChI=1S/C18H17N5O2S3/c1-2-3-6-14-21-22-18(28-14)20-13(24)8-23-10-19-16-15(17(23)25)11(9-27-16)12-5-4-7-26-12/h4-5,7,9-10H,2-3,6,8H2,1H3,(H,20,22,24). The van der Waals surface area contributed by atoms with Gasteiger partial charge in [-0.1, -0.05) is 30.7 Å². The molecule has 0 aromatic carbocycles. The number of nitrogens with one attached hydrogen (secondary N) is 1. The fraction of sp³-hybridized carbons (Fsp3) is 0.278. The van der Waals surface area contributed by atoms with Crippen LogP contribution < -0.4 is 10.9 Å². The van der Waals surface area contributed by atoms with Crippen LogP contribution in [0, 0.1) is 0 Å². The second-order valence-electron chi connectivity index (χ2n) is 6.14. The van der Waals surface area contributed by atoms with Gasteiger partial charge in [-0.25, -0.2) is 4.98 Å². The smallest absolute Gasteiger partial charge is 0.263 e. The number of hydrogen-bond donors (Lipinski definition) is 1. The van der Waals surface area contributed by atoms with Gasteiger partial charge in [-0.15, -0.1) is 32.9 Å². The lowest BCUT2D eigenvalue weighted by molar-refractivity contribution is -0.116. The minimum Gasteiger partial charge on any atom is -0.299 e. The van der Waals surface area contributed by atoms with Gasteiger partial charge in [-0.05, 0) is 17.9 Å². The Morgan fingerprint density at radius 3 is 2.96 bits per heavy atom. The van der Waals surface area contributed by atoms with Crippen LogP contribution in [0.2, 0.25) is 0 Å². The Bertz CT molecular complexity index is 1160. The zero-order valence-electron chi connectivity index (χ0n) is 15.0. The molecule has 4 aromatic heterocycles. The molecule has 4 rings (SSSR count). The Kier molecular flexibility index (Phi) is 5.60. The summed E-state index contributed by atoms with van der Waals surface area (Å²) in [4.78, 5) is 31.4. The summed E-state index contributed by atoms with van der Waals surface area (Å²) < 4.78 is 1.33. The Hall–Kier alpha value is -2.43. The van der Waals surface area contributed by atoms with Gasteiger partial charge < -0.3 is 0 Å². The molecule has 0 saturated carbocycles. The molecule has 144 valence electrons. The number of aryl methyl sites for hydroxylation is 1. The minimum absolute atomic E-state index is 0.120. The average Bonchev–Trinajstić information content (AvgIpc) is 3.42. The highest BCUT2D eigenvalue weighted by Crippen LogP contribution is 2.33. The van der Waals surface area contributed by atoms with Crippen LogP contribution in [0.25, 0.3) is 20.7 Å². The van der Waals surface area contributed by atoms with Crippen LogP contribution in [0.15, 0.2) is 34.0 Å². The van der Waals surface area contributed by atoms with Gasteiger partial charge in [-0.2, -0.15) is 0 Å². The van der Waals surface area contributed by atoms with Crippen molar-refractivity contribution in [1.29, 1.82) is 0 Å². The van der Waals surface area contributed by atoms with E-state index in [9.17, 15) is 9.59 Å². The first-order chi connectivity index (χ1) is 13.7. The van der Waals surface area contributed by atoms with Crippen molar-refractivity contribution in [2.24, 2.45) is 0 Å². The van der Waals surface area contributed by atoms with Crippen LogP contribution in [0.1, 0.15) is 24.8 Å². The van der Waals surface area contributed by atoms with Crippen molar-refractivity contribution < 1.29 is 4.79 Å². The summed E-state index contributed by atoms with van der Waals surface area (Å²) in [6.07, 6.45) is 4.39. The van der Waals surface area contributed by atoms with Crippen LogP contribution in [0.3, 0.4) is 0 Å². The Balaban J connectivity index is 1.54. The molecule has 0 unspecified atom stereocenters. The number of aromatic nitrogens is 4. The highest BCUT2D eigenvalue weighted by atomic mass is 32.1. The molecular weight excluding hydrogens is 414 g/mol. The first kappa shape index (κ1) is 18.9. The zero-order chi connectivity index (χ0) is 19.5. The molecular formula is C18H17N5O2S3. The number of carbonyl (C=O) groups is 1. The number of carbonyl (C=O) groups excluding carboxylic acids is 1. The van der Waals surface area contributed by atoms with Crippen LogP contribution >= 0.6 is 34.0 Å². The Morgan fingerprint density at radius 1 is 1.29 bits per heavy atom. The lowest BCUT2D eigenvalue weighted by Gasteiger charge is -2.05. The lowest BCUT2D eigenvalue weighted by Crippen LogP contribution is -2.27. The van der Waals surface area contributed by atoms with Gasteiger partial charge in [0, 0.05) is 22.2 Å². The largest absolute Gasteiger partial charge is 0.299 e. The summed E-state index contributed by atoms with van der Waals surface area (Å²) in [5.74, 6) is -0.325. The molecule has 0 fully saturated rings. The third kappa shape index (κ3) is 3.89. The SMILES string of the molecule is CCCCc1nnc(NC(=O)Cn2cnc3scc(-c4cccs4)c3c2=O)s1. The van der Waals surface area contributed by atoms with Crippen molar-refractivity contribution in [2.45, 2.75) is 32.7 Å². The number of fused-ring (bicyclic) bond motifs is 1. The van der Waals surface area contributed by atoms with E-state index in [1.807, 2.05) is 22.9 Å². The average molecular weight is 432 g/mol. The maximum absolute atomic E-state index is 12.9. The summed E-state index contributed by atoms with van der Waals surface area (Å²) in [5.41, 5.74) is 0.651. The third-order valence-corrected chi connectivity index (χ3v) is 6.81. The lowest BCUT2D eigenvalue weighted by atomic mass is 10.2. The molecule has 0 atom stereocenters. The fourth-order valence-electron chi connectivity index (χ4n) is 2.74. The van der Waals surface area contributed by atoms with Crippen LogP contribution in [0.5, 0.6) is 0 Å². The molecule has 7 nitrogen and oxygen atoms in total. The number of nitrogens with zero attached hydrogens (tertiary/aromatic N) is 4. The number of thiophene rings is 2. The van der Waals surface area contributed by atoms with Gasteiger partial charge in [0.25, 0.3) is 5.56 Å². The van der Waals surface area contributed by atoms with Crippen LogP contribution in [-0.4, -0.2) is 25.7 Å². The predicted octanol–water partition coefficient (Wildman–Crippen LogP) is 4.02. The van der Waals surface area contributed by atoms with Crippen molar-refractivity contribution in [1.82, 2.24) is 19.7 Å². The van der Waals surface area contributed by atoms with Gasteiger partial charge in [0.1, 0.15) is 16.4 Å². The normalized spacial score (nSPS) is 11.2. The second-order valence-corrected chi connectivity index (χ2v) is 9.01. The first-order valence-corrected chi connectivity index (χ1v) is 11.4. The maximum Gasteiger partial charge on any atom is 0.263 e. The molecule has 4 aromatic rings. The van der Waals surface area contributed by atoms with Gasteiger partial charge in [0.15, 0.2) is 0 Å². The molecule has 0 aliphatic rings. The molecule has 0 spiro atoms. The number of anilines is 1. The van der Waals surface area contributed by atoms with Crippen LogP contribution in [0.4, 0.5) is 5.13 Å². The summed E-state index contributed by atoms with van der Waals surface area (Å²) in [5, 5.41) is 16.6. The molecule has 0 saturated heterocycles. The molecule has 1 N–H and O–H groups in total. The third-order valence-electron chi connectivity index (χ3n) is 4.12. The predicted molar refractivity (Wildman–Crippen MR) is 114 cm³/mol. The van der Waals surface area contributed by atoms with Crippen molar-refractivity contribution in [3.8, 4) is 10.4 Å². The van der Waals surface area contributed by atoms with Gasteiger partial charge in [0.2, 0.25) is 11.0 Å². The van der Waals surface area contributed by atoms with Crippen molar-refractivity contribution >= 4 is 55.3 Å². The zero-order valence-corrected chi connectivity index (χ0v) is 17.5. The van der Waals surface area contributed by atoms with E-state index in [1.165, 1.54) is 33.6 Å². The first-order valence-electron chi connectivity index (χ1n) is 8.78. The van der Waals surface area contributed by atoms with E-state index in [4.69, 9.17) is 0 Å². The van der Waals surface area contributed by atoms with E-state index >= 15 is 0 Å². The van der Waals surface area contributed by atoms with Gasteiger partial charge in [0.05, 0.1) is 11.7 Å². The molecule has 0 aliphatic carbocycles. The quantitative estimate of drug-likeness (QED) is 0.477. The van der Waals surface area contributed by atoms with E-state index < -0.39 is 0 Å². The minimum atomic E-state index is -0.325.